The lowest BCUT2D eigenvalue weighted by Crippen LogP contribution is -2.37. The van der Waals surface area contributed by atoms with Crippen molar-refractivity contribution in [1.82, 2.24) is 20.2 Å². The normalized spacial score (nSPS) is 21.1. The van der Waals surface area contributed by atoms with Gasteiger partial charge >= 0.3 is 0 Å². The molecule has 2 heterocycles. The second-order valence-electron chi connectivity index (χ2n) is 4.69. The summed E-state index contributed by atoms with van der Waals surface area (Å²) in [7, 11) is -3.42. The van der Waals surface area contributed by atoms with Crippen LogP contribution in [0.5, 0.6) is 0 Å². The quantitative estimate of drug-likeness (QED) is 0.729. The molecule has 0 bridgehead atoms. The van der Waals surface area contributed by atoms with Crippen molar-refractivity contribution in [2.24, 2.45) is 0 Å². The van der Waals surface area contributed by atoms with E-state index in [4.69, 9.17) is 0 Å². The lowest BCUT2D eigenvalue weighted by molar-refractivity contribution is 0.382. The van der Waals surface area contributed by atoms with Crippen molar-refractivity contribution < 1.29 is 8.42 Å². The van der Waals surface area contributed by atoms with E-state index < -0.39 is 10.0 Å². The lowest BCUT2D eigenvalue weighted by Gasteiger charge is -2.23. The van der Waals surface area contributed by atoms with Gasteiger partial charge in [-0.05, 0) is 32.7 Å². The maximum Gasteiger partial charge on any atom is 0.243 e. The largest absolute Gasteiger partial charge is 0.314 e. The summed E-state index contributed by atoms with van der Waals surface area (Å²) < 4.78 is 26.6. The topological polar surface area (TPSA) is 86.9 Å². The predicted molar refractivity (Wildman–Crippen MR) is 68.8 cm³/mol. The zero-order chi connectivity index (χ0) is 13.0. The average Bonchev–Trinajstić information content (AvgIpc) is 2.77. The SMILES string of the molecule is Cc1[nH]ncc1S(=O)(=O)NCCC1CCCCN1. The molecule has 1 aromatic heterocycles. The first-order valence-electron chi connectivity index (χ1n) is 6.32. The van der Waals surface area contributed by atoms with E-state index in [2.05, 4.69) is 20.2 Å². The Kier molecular flexibility index (Phi) is 4.36. The third kappa shape index (κ3) is 3.30. The van der Waals surface area contributed by atoms with Crippen molar-refractivity contribution >= 4 is 10.0 Å². The minimum absolute atomic E-state index is 0.235. The van der Waals surface area contributed by atoms with Gasteiger partial charge in [0.1, 0.15) is 4.90 Å². The molecule has 1 unspecified atom stereocenters. The number of aromatic amines is 1. The van der Waals surface area contributed by atoms with E-state index in [9.17, 15) is 8.42 Å². The van der Waals surface area contributed by atoms with Crippen LogP contribution in [-0.4, -0.2) is 37.7 Å². The van der Waals surface area contributed by atoms with Gasteiger partial charge in [0, 0.05) is 12.6 Å². The molecule has 0 aromatic carbocycles. The van der Waals surface area contributed by atoms with Crippen LogP contribution in [0.2, 0.25) is 0 Å². The summed E-state index contributed by atoms with van der Waals surface area (Å²) in [6.07, 6.45) is 5.75. The summed E-state index contributed by atoms with van der Waals surface area (Å²) in [5.74, 6) is 0. The molecule has 1 fully saturated rings. The molecule has 6 nitrogen and oxygen atoms in total. The van der Waals surface area contributed by atoms with Crippen LogP contribution >= 0.6 is 0 Å². The molecule has 102 valence electrons. The van der Waals surface area contributed by atoms with Crippen molar-refractivity contribution in [1.29, 1.82) is 0 Å². The van der Waals surface area contributed by atoms with Gasteiger partial charge in [-0.2, -0.15) is 5.10 Å². The highest BCUT2D eigenvalue weighted by Crippen LogP contribution is 2.12. The van der Waals surface area contributed by atoms with Crippen LogP contribution in [0.15, 0.2) is 11.1 Å². The molecule has 2 rings (SSSR count). The molecule has 3 N–H and O–H groups in total. The van der Waals surface area contributed by atoms with Crippen LogP contribution in [0, 0.1) is 6.92 Å². The van der Waals surface area contributed by atoms with Gasteiger partial charge in [-0.3, -0.25) is 5.10 Å². The second-order valence-corrected chi connectivity index (χ2v) is 6.43. The number of aryl methyl sites for hydroxylation is 1. The molecule has 0 saturated carbocycles. The summed E-state index contributed by atoms with van der Waals surface area (Å²) in [6, 6.07) is 0.437. The van der Waals surface area contributed by atoms with E-state index in [1.54, 1.807) is 6.92 Å². The molecule has 18 heavy (non-hydrogen) atoms. The fraction of sp³-hybridized carbons (Fsp3) is 0.727. The first-order valence-corrected chi connectivity index (χ1v) is 7.81. The third-order valence-electron chi connectivity index (χ3n) is 3.27. The highest BCUT2D eigenvalue weighted by molar-refractivity contribution is 7.89. The maximum absolute atomic E-state index is 12.0. The summed E-state index contributed by atoms with van der Waals surface area (Å²) in [4.78, 5) is 0.235. The molecule has 1 saturated heterocycles. The van der Waals surface area contributed by atoms with E-state index in [1.165, 1.54) is 19.0 Å². The Morgan fingerprint density at radius 3 is 2.94 bits per heavy atom. The van der Waals surface area contributed by atoms with Gasteiger partial charge in [-0.15, -0.1) is 0 Å². The first kappa shape index (κ1) is 13.5. The predicted octanol–water partition coefficient (Wildman–Crippen LogP) is 0.529. The first-order chi connectivity index (χ1) is 8.59. The maximum atomic E-state index is 12.0. The molecule has 1 aliphatic heterocycles. The summed E-state index contributed by atoms with van der Waals surface area (Å²) in [5, 5.41) is 9.76. The number of hydrogen-bond acceptors (Lipinski definition) is 4. The number of H-pyrrole nitrogens is 1. The van der Waals surface area contributed by atoms with E-state index in [0.29, 0.717) is 18.3 Å². The molecule has 0 radical (unpaired) electrons. The Morgan fingerprint density at radius 1 is 1.50 bits per heavy atom. The number of nitrogens with one attached hydrogen (secondary N) is 3. The Balaban J connectivity index is 1.84. The second kappa shape index (κ2) is 5.81. The summed E-state index contributed by atoms with van der Waals surface area (Å²) >= 11 is 0. The van der Waals surface area contributed by atoms with Crippen LogP contribution in [-0.2, 0) is 10.0 Å². The fourth-order valence-corrected chi connectivity index (χ4v) is 3.41. The zero-order valence-corrected chi connectivity index (χ0v) is 11.4. The van der Waals surface area contributed by atoms with Crippen LogP contribution in [0.25, 0.3) is 0 Å². The zero-order valence-electron chi connectivity index (χ0n) is 10.6. The molecule has 7 heteroatoms. The smallest absolute Gasteiger partial charge is 0.243 e. The lowest BCUT2D eigenvalue weighted by atomic mass is 10.0. The van der Waals surface area contributed by atoms with Gasteiger partial charge in [0.05, 0.1) is 11.9 Å². The highest BCUT2D eigenvalue weighted by Gasteiger charge is 2.19. The third-order valence-corrected chi connectivity index (χ3v) is 4.85. The van der Waals surface area contributed by atoms with Crippen molar-refractivity contribution in [3.63, 3.8) is 0 Å². The molecular formula is C11H20N4O2S. The molecule has 0 spiro atoms. The van der Waals surface area contributed by atoms with Crippen molar-refractivity contribution in [2.75, 3.05) is 13.1 Å². The number of piperidine rings is 1. The minimum atomic E-state index is -3.42. The number of rotatable bonds is 5. The molecule has 1 aliphatic rings. The highest BCUT2D eigenvalue weighted by atomic mass is 32.2. The van der Waals surface area contributed by atoms with Crippen molar-refractivity contribution in [3.8, 4) is 0 Å². The number of aromatic nitrogens is 2. The van der Waals surface area contributed by atoms with Crippen LogP contribution in [0.1, 0.15) is 31.4 Å². The van der Waals surface area contributed by atoms with Gasteiger partial charge in [-0.25, -0.2) is 13.1 Å². The van der Waals surface area contributed by atoms with Crippen LogP contribution in [0.4, 0.5) is 0 Å². The number of nitrogens with zero attached hydrogens (tertiary/aromatic N) is 1. The Morgan fingerprint density at radius 2 is 2.33 bits per heavy atom. The van der Waals surface area contributed by atoms with Gasteiger partial charge in [-0.1, -0.05) is 6.42 Å². The van der Waals surface area contributed by atoms with E-state index in [1.807, 2.05) is 0 Å². The van der Waals surface area contributed by atoms with Crippen molar-refractivity contribution in [3.05, 3.63) is 11.9 Å². The molecular weight excluding hydrogens is 252 g/mol. The Hall–Kier alpha value is -0.920. The van der Waals surface area contributed by atoms with Gasteiger partial charge in [0.15, 0.2) is 0 Å². The Labute approximate surface area is 108 Å². The molecule has 1 aromatic rings. The van der Waals surface area contributed by atoms with E-state index in [-0.39, 0.29) is 4.90 Å². The summed E-state index contributed by atoms with van der Waals surface area (Å²) in [5.41, 5.74) is 0.568. The monoisotopic (exact) mass is 272 g/mol. The molecule has 0 amide bonds. The average molecular weight is 272 g/mol. The van der Waals surface area contributed by atoms with E-state index in [0.717, 1.165) is 19.4 Å². The van der Waals surface area contributed by atoms with Crippen LogP contribution in [0.3, 0.4) is 0 Å². The van der Waals surface area contributed by atoms with Crippen LogP contribution < -0.4 is 10.0 Å². The fourth-order valence-electron chi connectivity index (χ4n) is 2.23. The molecule has 0 aliphatic carbocycles. The Bertz CT molecular complexity index is 477. The number of sulfonamides is 1. The van der Waals surface area contributed by atoms with Gasteiger partial charge in [0.25, 0.3) is 0 Å². The minimum Gasteiger partial charge on any atom is -0.314 e. The standard InChI is InChI=1S/C11H20N4O2S/c1-9-11(8-13-15-9)18(16,17)14-7-5-10-4-2-3-6-12-10/h8,10,12,14H,2-7H2,1H3,(H,13,15). The van der Waals surface area contributed by atoms with Crippen molar-refractivity contribution in [2.45, 2.75) is 43.5 Å². The van der Waals surface area contributed by atoms with E-state index >= 15 is 0 Å². The summed E-state index contributed by atoms with van der Waals surface area (Å²) in [6.45, 7) is 3.20. The molecule has 1 atom stereocenters. The number of hydrogen-bond donors (Lipinski definition) is 3. The van der Waals surface area contributed by atoms with Gasteiger partial charge < -0.3 is 5.32 Å². The van der Waals surface area contributed by atoms with Gasteiger partial charge in [0.2, 0.25) is 10.0 Å².